The number of carbonyl (C=O) groups excluding carboxylic acids is 2. The molecule has 0 atom stereocenters. The number of phenols is 1. The summed E-state index contributed by atoms with van der Waals surface area (Å²) in [6.45, 7) is 0.199. The summed E-state index contributed by atoms with van der Waals surface area (Å²) in [5, 5.41) is 14.8. The molecule has 1 aromatic rings. The number of aromatic hydroxyl groups is 1. The number of hydrogen-bond donors (Lipinski definition) is 3. The smallest absolute Gasteiger partial charge is 0.255 e. The first kappa shape index (κ1) is 13.3. The molecule has 0 bridgehead atoms. The van der Waals surface area contributed by atoms with Gasteiger partial charge in [-0.15, -0.1) is 0 Å². The molecule has 2 amide bonds. The molecule has 0 heterocycles. The molecule has 0 spiro atoms. The van der Waals surface area contributed by atoms with Crippen LogP contribution in [0.3, 0.4) is 0 Å². The first-order valence-electron chi connectivity index (χ1n) is 5.02. The number of amides is 2. The van der Waals surface area contributed by atoms with E-state index in [9.17, 15) is 14.7 Å². The molecule has 0 aliphatic heterocycles. The van der Waals surface area contributed by atoms with Gasteiger partial charge in [0.1, 0.15) is 5.75 Å². The third-order valence-electron chi connectivity index (χ3n) is 2.12. The monoisotopic (exact) mass is 256 g/mol. The largest absolute Gasteiger partial charge is 0.507 e. The molecule has 5 nitrogen and oxygen atoms in total. The van der Waals surface area contributed by atoms with Crippen molar-refractivity contribution in [1.29, 1.82) is 0 Å². The van der Waals surface area contributed by atoms with Gasteiger partial charge in [0.2, 0.25) is 5.91 Å². The molecule has 0 aliphatic carbocycles. The van der Waals surface area contributed by atoms with Crippen LogP contribution < -0.4 is 10.6 Å². The van der Waals surface area contributed by atoms with Gasteiger partial charge in [-0.1, -0.05) is 11.6 Å². The highest BCUT2D eigenvalue weighted by Gasteiger charge is 2.11. The molecule has 1 rings (SSSR count). The van der Waals surface area contributed by atoms with Gasteiger partial charge < -0.3 is 15.7 Å². The third-order valence-corrected chi connectivity index (χ3v) is 2.35. The molecular weight excluding hydrogens is 244 g/mol. The fourth-order valence-electron chi connectivity index (χ4n) is 1.20. The predicted octanol–water partition coefficient (Wildman–Crippen LogP) is 0.911. The average Bonchev–Trinajstić information content (AvgIpc) is 2.31. The summed E-state index contributed by atoms with van der Waals surface area (Å²) in [6.07, 6.45) is 0.184. The molecular formula is C11H13ClN2O3. The zero-order chi connectivity index (χ0) is 12.8. The lowest BCUT2D eigenvalue weighted by atomic mass is 10.2. The highest BCUT2D eigenvalue weighted by molar-refractivity contribution is 6.31. The Balaban J connectivity index is 2.58. The van der Waals surface area contributed by atoms with Crippen molar-refractivity contribution < 1.29 is 14.7 Å². The number of benzene rings is 1. The van der Waals surface area contributed by atoms with Crippen molar-refractivity contribution in [3.8, 4) is 5.75 Å². The summed E-state index contributed by atoms with van der Waals surface area (Å²) in [5.74, 6) is -0.777. The fourth-order valence-corrected chi connectivity index (χ4v) is 1.37. The van der Waals surface area contributed by atoms with E-state index in [-0.39, 0.29) is 30.2 Å². The lowest BCUT2D eigenvalue weighted by molar-refractivity contribution is -0.120. The van der Waals surface area contributed by atoms with Crippen molar-refractivity contribution in [2.45, 2.75) is 6.42 Å². The highest BCUT2D eigenvalue weighted by atomic mass is 35.5. The van der Waals surface area contributed by atoms with Gasteiger partial charge in [0.25, 0.3) is 5.91 Å². The molecule has 0 saturated carbocycles. The van der Waals surface area contributed by atoms with E-state index in [2.05, 4.69) is 10.6 Å². The molecule has 0 radical (unpaired) electrons. The van der Waals surface area contributed by atoms with E-state index in [1.807, 2.05) is 0 Å². The topological polar surface area (TPSA) is 78.4 Å². The first-order chi connectivity index (χ1) is 8.04. The quantitative estimate of drug-likeness (QED) is 0.749. The lowest BCUT2D eigenvalue weighted by Crippen LogP contribution is -2.29. The Kier molecular flexibility index (Phi) is 4.78. The van der Waals surface area contributed by atoms with E-state index in [4.69, 9.17) is 11.6 Å². The lowest BCUT2D eigenvalue weighted by Gasteiger charge is -2.06. The molecule has 0 unspecified atom stereocenters. The molecule has 92 valence electrons. The van der Waals surface area contributed by atoms with Crippen LogP contribution in [0.25, 0.3) is 0 Å². The molecule has 6 heteroatoms. The SMILES string of the molecule is CNC(=O)CCNC(=O)c1cc(Cl)ccc1O. The number of halogens is 1. The Labute approximate surface area is 104 Å². The zero-order valence-electron chi connectivity index (χ0n) is 9.29. The summed E-state index contributed by atoms with van der Waals surface area (Å²) < 4.78 is 0. The minimum absolute atomic E-state index is 0.0920. The van der Waals surface area contributed by atoms with Gasteiger partial charge in [0.05, 0.1) is 5.56 Å². The van der Waals surface area contributed by atoms with E-state index < -0.39 is 5.91 Å². The van der Waals surface area contributed by atoms with E-state index in [0.29, 0.717) is 5.02 Å². The number of hydrogen-bond acceptors (Lipinski definition) is 3. The van der Waals surface area contributed by atoms with Gasteiger partial charge in [-0.2, -0.15) is 0 Å². The zero-order valence-corrected chi connectivity index (χ0v) is 10.0. The van der Waals surface area contributed by atoms with Crippen LogP contribution in [0, 0.1) is 0 Å². The summed E-state index contributed by atoms with van der Waals surface area (Å²) in [5.41, 5.74) is 0.0920. The second-order valence-corrected chi connectivity index (χ2v) is 3.78. The number of rotatable bonds is 4. The molecule has 3 N–H and O–H groups in total. The Morgan fingerprint density at radius 2 is 2.12 bits per heavy atom. The normalized spacial score (nSPS) is 9.76. The van der Waals surface area contributed by atoms with Gasteiger partial charge >= 0.3 is 0 Å². The van der Waals surface area contributed by atoms with E-state index in [1.165, 1.54) is 25.2 Å². The van der Waals surface area contributed by atoms with E-state index in [0.717, 1.165) is 0 Å². The van der Waals surface area contributed by atoms with Crippen LogP contribution in [0.4, 0.5) is 0 Å². The molecule has 0 aromatic heterocycles. The van der Waals surface area contributed by atoms with Crippen LogP contribution in [0.5, 0.6) is 5.75 Å². The fraction of sp³-hybridized carbons (Fsp3) is 0.273. The van der Waals surface area contributed by atoms with E-state index >= 15 is 0 Å². The average molecular weight is 257 g/mol. The second kappa shape index (κ2) is 6.10. The van der Waals surface area contributed by atoms with Crippen LogP contribution in [0.15, 0.2) is 18.2 Å². The van der Waals surface area contributed by atoms with Crippen LogP contribution in [0.1, 0.15) is 16.8 Å². The second-order valence-electron chi connectivity index (χ2n) is 3.34. The van der Waals surface area contributed by atoms with Gasteiger partial charge in [0, 0.05) is 25.0 Å². The molecule has 0 saturated heterocycles. The summed E-state index contributed by atoms with van der Waals surface area (Å²) >= 11 is 5.71. The molecule has 0 aliphatic rings. The molecule has 1 aromatic carbocycles. The molecule has 17 heavy (non-hydrogen) atoms. The molecule has 0 fully saturated rings. The number of nitrogens with one attached hydrogen (secondary N) is 2. The standard InChI is InChI=1S/C11H13ClN2O3/c1-13-10(16)4-5-14-11(17)8-6-7(12)2-3-9(8)15/h2-3,6,15H,4-5H2,1H3,(H,13,16)(H,14,17). The summed E-state index contributed by atoms with van der Waals surface area (Å²) in [6, 6.07) is 4.19. The van der Waals surface area contributed by atoms with Gasteiger partial charge in [-0.25, -0.2) is 0 Å². The minimum atomic E-state index is -0.464. The predicted molar refractivity (Wildman–Crippen MR) is 64.1 cm³/mol. The number of carbonyl (C=O) groups is 2. The van der Waals surface area contributed by atoms with Gasteiger partial charge in [-0.05, 0) is 18.2 Å². The Morgan fingerprint density at radius 1 is 1.41 bits per heavy atom. The highest BCUT2D eigenvalue weighted by Crippen LogP contribution is 2.21. The third kappa shape index (κ3) is 3.96. The van der Waals surface area contributed by atoms with Crippen LogP contribution in [-0.4, -0.2) is 30.5 Å². The van der Waals surface area contributed by atoms with Crippen molar-refractivity contribution in [2.75, 3.05) is 13.6 Å². The first-order valence-corrected chi connectivity index (χ1v) is 5.39. The maximum atomic E-state index is 11.6. The Morgan fingerprint density at radius 3 is 2.76 bits per heavy atom. The van der Waals surface area contributed by atoms with Crippen molar-refractivity contribution in [3.63, 3.8) is 0 Å². The number of phenolic OH excluding ortho intramolecular Hbond substituents is 1. The Hall–Kier alpha value is -1.75. The minimum Gasteiger partial charge on any atom is -0.507 e. The van der Waals surface area contributed by atoms with Gasteiger partial charge in [0.15, 0.2) is 0 Å². The summed E-state index contributed by atoms with van der Waals surface area (Å²) in [4.78, 5) is 22.5. The van der Waals surface area contributed by atoms with Crippen molar-refractivity contribution in [1.82, 2.24) is 10.6 Å². The van der Waals surface area contributed by atoms with Crippen molar-refractivity contribution in [3.05, 3.63) is 28.8 Å². The maximum Gasteiger partial charge on any atom is 0.255 e. The van der Waals surface area contributed by atoms with Gasteiger partial charge in [-0.3, -0.25) is 9.59 Å². The Bertz CT molecular complexity index is 435. The van der Waals surface area contributed by atoms with Crippen molar-refractivity contribution in [2.24, 2.45) is 0 Å². The van der Waals surface area contributed by atoms with Crippen LogP contribution in [-0.2, 0) is 4.79 Å². The van der Waals surface area contributed by atoms with E-state index in [1.54, 1.807) is 0 Å². The van der Waals surface area contributed by atoms with Crippen LogP contribution in [0.2, 0.25) is 5.02 Å². The van der Waals surface area contributed by atoms with Crippen LogP contribution >= 0.6 is 11.6 Å². The maximum absolute atomic E-state index is 11.6. The summed E-state index contributed by atoms with van der Waals surface area (Å²) in [7, 11) is 1.52. The van der Waals surface area contributed by atoms with Crippen molar-refractivity contribution >= 4 is 23.4 Å².